The van der Waals surface area contributed by atoms with E-state index in [9.17, 15) is 4.79 Å². The average Bonchev–Trinajstić information content (AvgIpc) is 3.40. The third-order valence-corrected chi connectivity index (χ3v) is 10.6. The van der Waals surface area contributed by atoms with Gasteiger partial charge >= 0.3 is 0 Å². The number of hydrogen-bond acceptors (Lipinski definition) is 5. The van der Waals surface area contributed by atoms with E-state index in [2.05, 4.69) is 52.1 Å². The van der Waals surface area contributed by atoms with Crippen molar-refractivity contribution >= 4 is 64.5 Å². The predicted molar refractivity (Wildman–Crippen MR) is 163 cm³/mol. The smallest absolute Gasteiger partial charge is 0.222 e. The van der Waals surface area contributed by atoms with Gasteiger partial charge in [0.1, 0.15) is 0 Å². The van der Waals surface area contributed by atoms with Gasteiger partial charge in [-0.3, -0.25) is 9.78 Å². The van der Waals surface area contributed by atoms with Gasteiger partial charge in [-0.1, -0.05) is 27.5 Å². The number of aryl methyl sites for hydroxylation is 2. The van der Waals surface area contributed by atoms with E-state index in [-0.39, 0.29) is 5.92 Å². The molecule has 0 bridgehead atoms. The Bertz CT molecular complexity index is 1310. The SMILES string of the molecule is O=C(CC1CCN(c2nccs2)CC1)N1CCC(C2c3ncc(P)cc3CCc3cc(Cl)cc(Br)c32)CC1. The molecule has 6 rings (SSSR count). The maximum absolute atomic E-state index is 13.3. The summed E-state index contributed by atoms with van der Waals surface area (Å²) in [7, 11) is 2.79. The third-order valence-electron chi connectivity index (χ3n) is 8.60. The van der Waals surface area contributed by atoms with Crippen LogP contribution in [0.4, 0.5) is 5.13 Å². The van der Waals surface area contributed by atoms with Gasteiger partial charge in [0, 0.05) is 65.8 Å². The number of benzene rings is 1. The third kappa shape index (κ3) is 5.54. The maximum atomic E-state index is 13.3. The minimum absolute atomic E-state index is 0.215. The average molecular weight is 632 g/mol. The lowest BCUT2D eigenvalue weighted by Gasteiger charge is -2.38. The van der Waals surface area contributed by atoms with Crippen LogP contribution in [0.25, 0.3) is 0 Å². The molecule has 1 aliphatic carbocycles. The molecule has 2 atom stereocenters. The predicted octanol–water partition coefficient (Wildman–Crippen LogP) is 6.23. The summed E-state index contributed by atoms with van der Waals surface area (Å²) in [6.07, 6.45) is 10.6. The van der Waals surface area contributed by atoms with Crippen molar-refractivity contribution in [2.75, 3.05) is 31.1 Å². The molecule has 2 unspecified atom stereocenters. The molecule has 3 aromatic rings. The lowest BCUT2D eigenvalue weighted by atomic mass is 9.76. The maximum Gasteiger partial charge on any atom is 0.222 e. The van der Waals surface area contributed by atoms with Crippen molar-refractivity contribution in [2.24, 2.45) is 11.8 Å². The first-order valence-corrected chi connectivity index (χ1v) is 16.2. The number of carbonyl (C=O) groups excluding carboxylic acids is 1. The van der Waals surface area contributed by atoms with Crippen LogP contribution in [-0.4, -0.2) is 47.0 Å². The van der Waals surface area contributed by atoms with Crippen molar-refractivity contribution < 1.29 is 4.79 Å². The zero-order valence-corrected chi connectivity index (χ0v) is 25.7. The molecular weight excluding hydrogens is 599 g/mol. The highest BCUT2D eigenvalue weighted by atomic mass is 79.9. The summed E-state index contributed by atoms with van der Waals surface area (Å²) in [5, 5.41) is 5.04. The molecule has 0 spiro atoms. The molecule has 0 radical (unpaired) electrons. The zero-order valence-electron chi connectivity index (χ0n) is 21.4. The van der Waals surface area contributed by atoms with E-state index < -0.39 is 0 Å². The number of nitrogens with zero attached hydrogens (tertiary/aromatic N) is 4. The Hall–Kier alpha value is -1.53. The number of anilines is 1. The Morgan fingerprint density at radius 3 is 2.55 bits per heavy atom. The number of amides is 1. The number of thiazole rings is 1. The molecule has 1 aromatic carbocycles. The molecular formula is C29H33BrClN4OPS. The fraction of sp³-hybridized carbons (Fsp3) is 0.483. The highest BCUT2D eigenvalue weighted by Gasteiger charge is 2.36. The lowest BCUT2D eigenvalue weighted by Crippen LogP contribution is -2.42. The summed E-state index contributed by atoms with van der Waals surface area (Å²) in [5.74, 6) is 1.46. The number of fused-ring (bicyclic) bond motifs is 2. The number of piperidine rings is 2. The summed E-state index contributed by atoms with van der Waals surface area (Å²) in [6, 6.07) is 6.45. The minimum Gasteiger partial charge on any atom is -0.348 e. The van der Waals surface area contributed by atoms with Gasteiger partial charge in [0.05, 0.1) is 5.69 Å². The molecule has 4 heterocycles. The number of hydrogen-bond donors (Lipinski definition) is 0. The Labute approximate surface area is 244 Å². The topological polar surface area (TPSA) is 49.3 Å². The molecule has 200 valence electrons. The molecule has 2 aliphatic heterocycles. The molecule has 2 aromatic heterocycles. The van der Waals surface area contributed by atoms with Crippen molar-refractivity contribution in [3.8, 4) is 0 Å². The van der Waals surface area contributed by atoms with Crippen LogP contribution < -0.4 is 10.2 Å². The quantitative estimate of drug-likeness (QED) is 0.321. The first-order chi connectivity index (χ1) is 18.5. The molecule has 2 saturated heterocycles. The van der Waals surface area contributed by atoms with Gasteiger partial charge in [-0.05, 0) is 90.6 Å². The van der Waals surface area contributed by atoms with Crippen molar-refractivity contribution in [3.05, 3.63) is 67.9 Å². The molecule has 2 fully saturated rings. The Morgan fingerprint density at radius 1 is 1.05 bits per heavy atom. The van der Waals surface area contributed by atoms with E-state index >= 15 is 0 Å². The number of pyridine rings is 1. The molecule has 38 heavy (non-hydrogen) atoms. The van der Waals surface area contributed by atoms with Gasteiger partial charge in [0.15, 0.2) is 5.13 Å². The second kappa shape index (κ2) is 11.5. The van der Waals surface area contributed by atoms with Gasteiger partial charge in [0.25, 0.3) is 0 Å². The number of halogens is 2. The van der Waals surface area contributed by atoms with E-state index in [1.54, 1.807) is 11.3 Å². The van der Waals surface area contributed by atoms with Gasteiger partial charge in [-0.2, -0.15) is 0 Å². The number of likely N-dealkylation sites (tertiary alicyclic amines) is 1. The van der Waals surface area contributed by atoms with E-state index in [0.29, 0.717) is 24.2 Å². The summed E-state index contributed by atoms with van der Waals surface area (Å²) in [6.45, 7) is 3.65. The number of aromatic nitrogens is 2. The van der Waals surface area contributed by atoms with Crippen LogP contribution in [0.3, 0.4) is 0 Å². The molecule has 0 saturated carbocycles. The highest BCUT2D eigenvalue weighted by Crippen LogP contribution is 2.46. The Balaban J connectivity index is 1.14. The zero-order chi connectivity index (χ0) is 26.2. The molecule has 5 nitrogen and oxygen atoms in total. The van der Waals surface area contributed by atoms with Crippen LogP contribution in [0.1, 0.15) is 60.4 Å². The van der Waals surface area contributed by atoms with Crippen molar-refractivity contribution in [1.82, 2.24) is 14.9 Å². The Kier molecular flexibility index (Phi) is 8.09. The molecule has 0 N–H and O–H groups in total. The van der Waals surface area contributed by atoms with Crippen molar-refractivity contribution in [2.45, 2.75) is 50.9 Å². The second-order valence-electron chi connectivity index (χ2n) is 10.9. The fourth-order valence-corrected chi connectivity index (χ4v) is 8.73. The van der Waals surface area contributed by atoms with E-state index in [1.807, 2.05) is 23.8 Å². The van der Waals surface area contributed by atoms with Crippen LogP contribution in [0.5, 0.6) is 0 Å². The monoisotopic (exact) mass is 630 g/mol. The van der Waals surface area contributed by atoms with E-state index in [0.717, 1.165) is 84.6 Å². The Morgan fingerprint density at radius 2 is 1.82 bits per heavy atom. The van der Waals surface area contributed by atoms with Gasteiger partial charge in [0.2, 0.25) is 5.91 Å². The fourth-order valence-electron chi connectivity index (χ4n) is 6.64. The van der Waals surface area contributed by atoms with Crippen molar-refractivity contribution in [1.29, 1.82) is 0 Å². The van der Waals surface area contributed by atoms with Crippen LogP contribution in [0.15, 0.2) is 40.4 Å². The summed E-state index contributed by atoms with van der Waals surface area (Å²) in [5.41, 5.74) is 5.20. The summed E-state index contributed by atoms with van der Waals surface area (Å²) < 4.78 is 1.08. The second-order valence-corrected chi connectivity index (χ2v) is 13.7. The first kappa shape index (κ1) is 26.7. The summed E-state index contributed by atoms with van der Waals surface area (Å²) in [4.78, 5) is 27.2. The van der Waals surface area contributed by atoms with Crippen LogP contribution >= 0.6 is 48.1 Å². The minimum atomic E-state index is 0.215. The molecule has 3 aliphatic rings. The number of carbonyl (C=O) groups is 1. The van der Waals surface area contributed by atoms with E-state index in [4.69, 9.17) is 16.6 Å². The molecule has 9 heteroatoms. The van der Waals surface area contributed by atoms with Gasteiger partial charge < -0.3 is 9.80 Å². The highest BCUT2D eigenvalue weighted by molar-refractivity contribution is 9.10. The van der Waals surface area contributed by atoms with Crippen LogP contribution in [0.2, 0.25) is 5.02 Å². The van der Waals surface area contributed by atoms with Crippen LogP contribution in [0, 0.1) is 11.8 Å². The lowest BCUT2D eigenvalue weighted by molar-refractivity contribution is -0.133. The van der Waals surface area contributed by atoms with Gasteiger partial charge in [-0.15, -0.1) is 20.6 Å². The van der Waals surface area contributed by atoms with E-state index in [1.165, 1.54) is 22.4 Å². The van der Waals surface area contributed by atoms with Crippen LogP contribution in [-0.2, 0) is 17.6 Å². The standard InChI is InChI=1S/C29H33BrClN4OPS/c30-24-16-22(31)14-20-1-2-21-15-23(37)17-33-28(21)27(26(20)24)19-5-10-34(11-6-19)25(36)13-18-3-8-35(9-4-18)29-32-7-12-38-29/h7,12,14-19,27H,1-6,8-11,13,37H2. The first-order valence-electron chi connectivity index (χ1n) is 13.6. The normalized spacial score (nSPS) is 20.7. The molecule has 1 amide bonds. The van der Waals surface area contributed by atoms with Crippen molar-refractivity contribution in [3.63, 3.8) is 0 Å². The summed E-state index contributed by atoms with van der Waals surface area (Å²) >= 11 is 12.0. The number of rotatable bonds is 4. The largest absolute Gasteiger partial charge is 0.348 e. The van der Waals surface area contributed by atoms with Gasteiger partial charge in [-0.25, -0.2) is 4.98 Å².